The van der Waals surface area contributed by atoms with E-state index in [0.29, 0.717) is 19.7 Å². The highest BCUT2D eigenvalue weighted by Crippen LogP contribution is 2.36. The van der Waals surface area contributed by atoms with E-state index in [1.54, 1.807) is 23.1 Å². The third-order valence-electron chi connectivity index (χ3n) is 4.19. The van der Waals surface area contributed by atoms with Gasteiger partial charge in [0.15, 0.2) is 0 Å². The molecule has 24 heavy (non-hydrogen) atoms. The predicted octanol–water partition coefficient (Wildman–Crippen LogP) is 2.76. The minimum absolute atomic E-state index is 0.0391. The van der Waals surface area contributed by atoms with Gasteiger partial charge in [0.2, 0.25) is 0 Å². The second-order valence-corrected chi connectivity index (χ2v) is 6.62. The number of phenolic OH excluding ortho intramolecular Hbond substituents is 1. The van der Waals surface area contributed by atoms with Gasteiger partial charge in [-0.2, -0.15) is 0 Å². The van der Waals surface area contributed by atoms with Crippen LogP contribution < -0.4 is 0 Å². The normalized spacial score (nSPS) is 20.2. The van der Waals surface area contributed by atoms with Crippen molar-refractivity contribution < 1.29 is 24.2 Å². The summed E-state index contributed by atoms with van der Waals surface area (Å²) in [5.74, 6) is 0.0330. The molecule has 6 heteroatoms. The lowest BCUT2D eigenvalue weighted by Crippen LogP contribution is -2.30. The molecule has 1 aromatic carbocycles. The summed E-state index contributed by atoms with van der Waals surface area (Å²) < 4.78 is 10.1. The van der Waals surface area contributed by atoms with Crippen molar-refractivity contribution in [2.75, 3.05) is 26.8 Å². The van der Waals surface area contributed by atoms with Crippen molar-refractivity contribution in [3.8, 4) is 5.75 Å². The van der Waals surface area contributed by atoms with Crippen LogP contribution >= 0.6 is 0 Å². The molecule has 132 valence electrons. The van der Waals surface area contributed by atoms with Crippen LogP contribution in [0.25, 0.3) is 0 Å². The molecule has 0 bridgehead atoms. The van der Waals surface area contributed by atoms with Gasteiger partial charge in [-0.15, -0.1) is 0 Å². The number of phenols is 1. The number of hydrogen-bond donors (Lipinski definition) is 1. The molecule has 1 aliphatic rings. The van der Waals surface area contributed by atoms with E-state index in [1.807, 2.05) is 19.9 Å². The zero-order valence-electron chi connectivity index (χ0n) is 14.4. The molecule has 0 spiro atoms. The fraction of sp³-hybridized carbons (Fsp3) is 0.556. The van der Waals surface area contributed by atoms with Crippen LogP contribution in [0.15, 0.2) is 24.3 Å². The molecular weight excluding hydrogens is 310 g/mol. The quantitative estimate of drug-likeness (QED) is 0.837. The van der Waals surface area contributed by atoms with Gasteiger partial charge < -0.3 is 19.5 Å². The summed E-state index contributed by atoms with van der Waals surface area (Å²) >= 11 is 0. The van der Waals surface area contributed by atoms with E-state index in [-0.39, 0.29) is 42.0 Å². The van der Waals surface area contributed by atoms with E-state index < -0.39 is 0 Å². The lowest BCUT2D eigenvalue weighted by atomic mass is 9.87. The topological polar surface area (TPSA) is 76.1 Å². The van der Waals surface area contributed by atoms with E-state index in [1.165, 1.54) is 7.11 Å². The molecule has 1 N–H and O–H groups in total. The number of nitrogens with zero attached hydrogens (tertiary/aromatic N) is 1. The third kappa shape index (κ3) is 4.63. The molecule has 1 saturated heterocycles. The second kappa shape index (κ2) is 8.04. The molecule has 6 nitrogen and oxygen atoms in total. The second-order valence-electron chi connectivity index (χ2n) is 6.62. The Bertz CT molecular complexity index is 587. The van der Waals surface area contributed by atoms with Crippen molar-refractivity contribution in [1.29, 1.82) is 0 Å². The third-order valence-corrected chi connectivity index (χ3v) is 4.19. The molecule has 1 aromatic rings. The van der Waals surface area contributed by atoms with Gasteiger partial charge >= 0.3 is 12.1 Å². The SMILES string of the molecule is COC(=O)C[C@H]1CN(C(=O)OCC(C)C)C[C@H]1c1cccc(O)c1. The highest BCUT2D eigenvalue weighted by molar-refractivity contribution is 5.71. The molecule has 1 amide bonds. The largest absolute Gasteiger partial charge is 0.508 e. The lowest BCUT2D eigenvalue weighted by molar-refractivity contribution is -0.141. The molecule has 0 radical (unpaired) electrons. The number of carbonyl (C=O) groups excluding carboxylic acids is 2. The summed E-state index contributed by atoms with van der Waals surface area (Å²) in [5.41, 5.74) is 0.906. The number of esters is 1. The molecule has 0 aromatic heterocycles. The van der Waals surface area contributed by atoms with Crippen LogP contribution in [0.3, 0.4) is 0 Å². The van der Waals surface area contributed by atoms with Crippen molar-refractivity contribution in [1.82, 2.24) is 4.90 Å². The van der Waals surface area contributed by atoms with E-state index in [0.717, 1.165) is 5.56 Å². The molecule has 1 fully saturated rings. The summed E-state index contributed by atoms with van der Waals surface area (Å²) in [6, 6.07) is 6.94. The van der Waals surface area contributed by atoms with Crippen LogP contribution in [0.2, 0.25) is 0 Å². The number of rotatable bonds is 5. The molecule has 1 aliphatic heterocycles. The molecule has 2 atom stereocenters. The van der Waals surface area contributed by atoms with E-state index in [2.05, 4.69) is 0 Å². The van der Waals surface area contributed by atoms with Crippen LogP contribution in [0.4, 0.5) is 4.79 Å². The Kier molecular flexibility index (Phi) is 6.06. The van der Waals surface area contributed by atoms with Crippen molar-refractivity contribution in [3.05, 3.63) is 29.8 Å². The van der Waals surface area contributed by atoms with Crippen molar-refractivity contribution in [2.45, 2.75) is 26.2 Å². The smallest absolute Gasteiger partial charge is 0.409 e. The molecule has 0 unspecified atom stereocenters. The number of likely N-dealkylation sites (tertiary alicyclic amines) is 1. The van der Waals surface area contributed by atoms with Gasteiger partial charge in [-0.25, -0.2) is 4.79 Å². The number of ether oxygens (including phenoxy) is 2. The molecule has 1 heterocycles. The Morgan fingerprint density at radius 1 is 1.33 bits per heavy atom. The van der Waals surface area contributed by atoms with Crippen LogP contribution in [-0.4, -0.2) is 48.9 Å². The van der Waals surface area contributed by atoms with E-state index >= 15 is 0 Å². The molecule has 0 saturated carbocycles. The summed E-state index contributed by atoms with van der Waals surface area (Å²) in [7, 11) is 1.36. The average molecular weight is 335 g/mol. The first-order valence-electron chi connectivity index (χ1n) is 8.18. The number of carbonyl (C=O) groups is 2. The average Bonchev–Trinajstić information content (AvgIpc) is 2.96. The maximum absolute atomic E-state index is 12.2. The highest BCUT2D eigenvalue weighted by atomic mass is 16.6. The number of amides is 1. The summed E-state index contributed by atoms with van der Waals surface area (Å²) in [6.07, 6.45) is -0.133. The first kappa shape index (κ1) is 18.1. The Labute approximate surface area is 142 Å². The summed E-state index contributed by atoms with van der Waals surface area (Å²) in [4.78, 5) is 25.6. The lowest BCUT2D eigenvalue weighted by Gasteiger charge is -2.17. The van der Waals surface area contributed by atoms with Crippen molar-refractivity contribution >= 4 is 12.1 Å². The van der Waals surface area contributed by atoms with Crippen LogP contribution in [0, 0.1) is 11.8 Å². The van der Waals surface area contributed by atoms with Crippen LogP contribution in [-0.2, 0) is 14.3 Å². The summed E-state index contributed by atoms with van der Waals surface area (Å²) in [5, 5.41) is 9.71. The number of aromatic hydroxyl groups is 1. The van der Waals surface area contributed by atoms with Gasteiger partial charge in [0.1, 0.15) is 5.75 Å². The number of hydrogen-bond acceptors (Lipinski definition) is 5. The van der Waals surface area contributed by atoms with E-state index in [4.69, 9.17) is 9.47 Å². The highest BCUT2D eigenvalue weighted by Gasteiger charge is 2.38. The van der Waals surface area contributed by atoms with Gasteiger partial charge in [-0.1, -0.05) is 26.0 Å². The standard InChI is InChI=1S/C18H25NO5/c1-12(2)11-24-18(22)19-9-14(8-17(21)23-3)16(10-19)13-5-4-6-15(20)7-13/h4-7,12,14,16,20H,8-11H2,1-3H3/t14-,16-/m0/s1. The fourth-order valence-corrected chi connectivity index (χ4v) is 2.99. The minimum Gasteiger partial charge on any atom is -0.508 e. The molecular formula is C18H25NO5. The maximum Gasteiger partial charge on any atom is 0.409 e. The molecule has 0 aliphatic carbocycles. The van der Waals surface area contributed by atoms with Crippen LogP contribution in [0.1, 0.15) is 31.7 Å². The van der Waals surface area contributed by atoms with E-state index in [9.17, 15) is 14.7 Å². The predicted molar refractivity (Wildman–Crippen MR) is 88.7 cm³/mol. The Morgan fingerprint density at radius 3 is 2.71 bits per heavy atom. The number of benzene rings is 1. The Hall–Kier alpha value is -2.24. The van der Waals surface area contributed by atoms with Crippen LogP contribution in [0.5, 0.6) is 5.75 Å². The van der Waals surface area contributed by atoms with Gasteiger partial charge in [0, 0.05) is 19.0 Å². The van der Waals surface area contributed by atoms with Gasteiger partial charge in [-0.05, 0) is 29.5 Å². The Balaban J connectivity index is 2.13. The first-order valence-corrected chi connectivity index (χ1v) is 8.18. The van der Waals surface area contributed by atoms with Gasteiger partial charge in [0.05, 0.1) is 20.1 Å². The summed E-state index contributed by atoms with van der Waals surface area (Å²) in [6.45, 7) is 5.22. The Morgan fingerprint density at radius 2 is 2.08 bits per heavy atom. The maximum atomic E-state index is 12.2. The van der Waals surface area contributed by atoms with Gasteiger partial charge in [0.25, 0.3) is 0 Å². The zero-order valence-corrected chi connectivity index (χ0v) is 14.4. The first-order chi connectivity index (χ1) is 11.4. The van der Waals surface area contributed by atoms with Crippen molar-refractivity contribution in [3.63, 3.8) is 0 Å². The number of methoxy groups -OCH3 is 1. The zero-order chi connectivity index (χ0) is 17.7. The van der Waals surface area contributed by atoms with Crippen molar-refractivity contribution in [2.24, 2.45) is 11.8 Å². The minimum atomic E-state index is -0.360. The molecule has 2 rings (SSSR count). The van der Waals surface area contributed by atoms with Gasteiger partial charge in [-0.3, -0.25) is 4.79 Å². The fourth-order valence-electron chi connectivity index (χ4n) is 2.99. The monoisotopic (exact) mass is 335 g/mol.